The fraction of sp³-hybridized carbons (Fsp3) is 0.812. The monoisotopic (exact) mass is 332 g/mol. The van der Waals surface area contributed by atoms with E-state index in [0.717, 1.165) is 50.8 Å². The highest BCUT2D eigenvalue weighted by molar-refractivity contribution is 5.80. The molecule has 0 radical (unpaired) electrons. The third-order valence-corrected chi connectivity index (χ3v) is 5.34. The predicted octanol–water partition coefficient (Wildman–Crippen LogP) is -0.852. The van der Waals surface area contributed by atoms with E-state index in [0.29, 0.717) is 12.1 Å². The van der Waals surface area contributed by atoms with Crippen LogP contribution in [0.1, 0.15) is 19.2 Å². The van der Waals surface area contributed by atoms with Crippen LogP contribution in [0.15, 0.2) is 11.3 Å². The van der Waals surface area contributed by atoms with Gasteiger partial charge in [-0.25, -0.2) is 9.67 Å². The molecule has 0 saturated carbocycles. The topological polar surface area (TPSA) is 73.6 Å². The highest BCUT2D eigenvalue weighted by Gasteiger charge is 2.31. The second kappa shape index (κ2) is 7.06. The first-order valence-electron chi connectivity index (χ1n) is 9.19. The molecule has 0 amide bonds. The van der Waals surface area contributed by atoms with Gasteiger partial charge in [-0.05, 0) is 13.3 Å². The molecule has 1 aromatic rings. The molecule has 3 saturated heterocycles. The largest absolute Gasteiger partial charge is 0.357 e. The highest BCUT2D eigenvalue weighted by atomic mass is 15.4. The molecule has 3 fully saturated rings. The summed E-state index contributed by atoms with van der Waals surface area (Å²) in [6.45, 7) is 10.7. The van der Waals surface area contributed by atoms with Gasteiger partial charge in [0.1, 0.15) is 12.2 Å². The second-order valence-corrected chi connectivity index (χ2v) is 6.95. The maximum atomic E-state index is 4.87. The quantitative estimate of drug-likeness (QED) is 0.553. The van der Waals surface area contributed by atoms with Crippen LogP contribution in [0.2, 0.25) is 0 Å². The third kappa shape index (κ3) is 3.39. The Kier molecular flexibility index (Phi) is 4.66. The van der Waals surface area contributed by atoms with E-state index >= 15 is 0 Å². The molecule has 0 aromatic carbocycles. The summed E-state index contributed by atoms with van der Waals surface area (Å²) in [7, 11) is 0. The van der Waals surface area contributed by atoms with E-state index in [-0.39, 0.29) is 0 Å². The number of guanidine groups is 1. The van der Waals surface area contributed by atoms with Crippen LogP contribution in [0, 0.1) is 0 Å². The highest BCUT2D eigenvalue weighted by Crippen LogP contribution is 2.16. The third-order valence-electron chi connectivity index (χ3n) is 5.34. The summed E-state index contributed by atoms with van der Waals surface area (Å²) in [6, 6.07) is 0.931. The normalized spacial score (nSPS) is 32.5. The van der Waals surface area contributed by atoms with Crippen molar-refractivity contribution in [1.82, 2.24) is 35.2 Å². The van der Waals surface area contributed by atoms with E-state index in [2.05, 4.69) is 37.4 Å². The zero-order valence-electron chi connectivity index (χ0n) is 14.5. The molecule has 5 rings (SSSR count). The number of aliphatic imine (C=N–C) groups is 1. The number of piperazine rings is 3. The van der Waals surface area contributed by atoms with Crippen LogP contribution < -0.4 is 10.6 Å². The summed E-state index contributed by atoms with van der Waals surface area (Å²) in [5.41, 5.74) is 0. The maximum absolute atomic E-state index is 4.87. The van der Waals surface area contributed by atoms with Gasteiger partial charge in [0.15, 0.2) is 5.96 Å². The predicted molar refractivity (Wildman–Crippen MR) is 93.0 cm³/mol. The zero-order chi connectivity index (χ0) is 16.4. The van der Waals surface area contributed by atoms with Crippen molar-refractivity contribution in [3.05, 3.63) is 12.2 Å². The van der Waals surface area contributed by atoms with Crippen molar-refractivity contribution in [1.29, 1.82) is 0 Å². The van der Waals surface area contributed by atoms with Crippen LogP contribution in [-0.4, -0.2) is 88.4 Å². The van der Waals surface area contributed by atoms with Crippen molar-refractivity contribution in [2.24, 2.45) is 4.99 Å². The molecule has 2 bridgehead atoms. The summed E-state index contributed by atoms with van der Waals surface area (Å²) in [4.78, 5) is 14.3. The number of fused-ring (bicyclic) bond motifs is 4. The van der Waals surface area contributed by atoms with Gasteiger partial charge in [0, 0.05) is 57.8 Å². The van der Waals surface area contributed by atoms with Gasteiger partial charge in [0.05, 0.1) is 13.1 Å². The molecule has 8 heteroatoms. The van der Waals surface area contributed by atoms with Crippen LogP contribution in [0.3, 0.4) is 0 Å². The lowest BCUT2D eigenvalue weighted by atomic mass is 10.1. The fourth-order valence-electron chi connectivity index (χ4n) is 3.96. The summed E-state index contributed by atoms with van der Waals surface area (Å²) in [5, 5.41) is 11.3. The first kappa shape index (κ1) is 15.8. The van der Waals surface area contributed by atoms with Crippen LogP contribution in [-0.2, 0) is 13.0 Å². The molecule has 0 aliphatic carbocycles. The van der Waals surface area contributed by atoms with Gasteiger partial charge in [-0.15, -0.1) is 0 Å². The lowest BCUT2D eigenvalue weighted by Crippen LogP contribution is -2.62. The minimum absolute atomic E-state index is 0.365. The number of nitrogens with one attached hydrogen (secondary N) is 2. The minimum atomic E-state index is 0.365. The summed E-state index contributed by atoms with van der Waals surface area (Å²) >= 11 is 0. The Hall–Kier alpha value is -1.67. The van der Waals surface area contributed by atoms with Crippen molar-refractivity contribution >= 4 is 5.96 Å². The Bertz CT molecular complexity index is 574. The molecule has 132 valence electrons. The standard InChI is InChI=1S/C16H28N8/c1-2-17-16(18-9-14-11-22-5-7-23(14)8-6-22)21-13-3-4-15-19-12-20-24(15)10-13/h12-14H,2-11H2,1H3,(H2,17,18,21). The van der Waals surface area contributed by atoms with Crippen LogP contribution >= 0.6 is 0 Å². The lowest BCUT2D eigenvalue weighted by Gasteiger charge is -2.47. The summed E-state index contributed by atoms with van der Waals surface area (Å²) in [6.07, 6.45) is 3.70. The van der Waals surface area contributed by atoms with Gasteiger partial charge in [-0.2, -0.15) is 5.10 Å². The zero-order valence-corrected chi connectivity index (χ0v) is 14.5. The van der Waals surface area contributed by atoms with Crippen molar-refractivity contribution in [3.63, 3.8) is 0 Å². The van der Waals surface area contributed by atoms with E-state index in [4.69, 9.17) is 4.99 Å². The molecule has 4 aliphatic heterocycles. The average molecular weight is 332 g/mol. The molecule has 24 heavy (non-hydrogen) atoms. The molecular formula is C16H28N8. The Morgan fingerprint density at radius 1 is 1.29 bits per heavy atom. The van der Waals surface area contributed by atoms with Gasteiger partial charge in [0.2, 0.25) is 0 Å². The van der Waals surface area contributed by atoms with Crippen molar-refractivity contribution in [3.8, 4) is 0 Å². The van der Waals surface area contributed by atoms with Gasteiger partial charge >= 0.3 is 0 Å². The molecule has 1 aromatic heterocycles. The molecular weight excluding hydrogens is 304 g/mol. The van der Waals surface area contributed by atoms with E-state index in [1.54, 1.807) is 6.33 Å². The van der Waals surface area contributed by atoms with Gasteiger partial charge in [-0.3, -0.25) is 14.8 Å². The van der Waals surface area contributed by atoms with Gasteiger partial charge in [-0.1, -0.05) is 0 Å². The number of aryl methyl sites for hydroxylation is 1. The first-order valence-corrected chi connectivity index (χ1v) is 9.19. The Balaban J connectivity index is 1.35. The Labute approximate surface area is 143 Å². The molecule has 5 heterocycles. The minimum Gasteiger partial charge on any atom is -0.357 e. The van der Waals surface area contributed by atoms with Crippen LogP contribution in [0.4, 0.5) is 0 Å². The van der Waals surface area contributed by atoms with Gasteiger partial charge < -0.3 is 10.6 Å². The van der Waals surface area contributed by atoms with Crippen molar-refractivity contribution in [2.75, 3.05) is 45.8 Å². The molecule has 2 unspecified atom stereocenters. The SMILES string of the molecule is CCNC(=NCC1CN2CCN1CC2)NC1CCc2ncnn2C1. The van der Waals surface area contributed by atoms with E-state index in [1.807, 2.05) is 4.68 Å². The van der Waals surface area contributed by atoms with Gasteiger partial charge in [0.25, 0.3) is 0 Å². The Morgan fingerprint density at radius 2 is 2.17 bits per heavy atom. The van der Waals surface area contributed by atoms with E-state index in [1.165, 1.54) is 26.2 Å². The fourth-order valence-corrected chi connectivity index (χ4v) is 3.96. The molecule has 2 atom stereocenters. The molecule has 0 spiro atoms. The number of rotatable bonds is 4. The maximum Gasteiger partial charge on any atom is 0.191 e. The smallest absolute Gasteiger partial charge is 0.191 e. The van der Waals surface area contributed by atoms with E-state index < -0.39 is 0 Å². The number of hydrogen-bond acceptors (Lipinski definition) is 5. The number of aromatic nitrogens is 3. The van der Waals surface area contributed by atoms with Crippen molar-refractivity contribution in [2.45, 2.75) is 38.4 Å². The molecule has 2 N–H and O–H groups in total. The first-order chi connectivity index (χ1) is 11.8. The van der Waals surface area contributed by atoms with Crippen LogP contribution in [0.25, 0.3) is 0 Å². The number of nitrogens with zero attached hydrogens (tertiary/aromatic N) is 6. The lowest BCUT2D eigenvalue weighted by molar-refractivity contribution is 0.0174. The van der Waals surface area contributed by atoms with E-state index in [9.17, 15) is 0 Å². The average Bonchev–Trinajstić information content (AvgIpc) is 3.09. The second-order valence-electron chi connectivity index (χ2n) is 6.95. The number of hydrogen-bond donors (Lipinski definition) is 2. The van der Waals surface area contributed by atoms with Crippen molar-refractivity contribution < 1.29 is 0 Å². The van der Waals surface area contributed by atoms with Crippen LogP contribution in [0.5, 0.6) is 0 Å². The summed E-state index contributed by atoms with van der Waals surface area (Å²) < 4.78 is 2.00. The Morgan fingerprint density at radius 3 is 2.92 bits per heavy atom. The summed E-state index contributed by atoms with van der Waals surface area (Å²) in [5.74, 6) is 2.03. The molecule has 8 nitrogen and oxygen atoms in total. The molecule has 4 aliphatic rings.